The molecule has 0 radical (unpaired) electrons. The Morgan fingerprint density at radius 2 is 2.24 bits per heavy atom. The van der Waals surface area contributed by atoms with E-state index in [-0.39, 0.29) is 23.7 Å². The number of carbonyl (C=O) groups is 2. The van der Waals surface area contributed by atoms with Gasteiger partial charge in [0.1, 0.15) is 11.7 Å². The second kappa shape index (κ2) is 5.09. The van der Waals surface area contributed by atoms with E-state index in [9.17, 15) is 19.7 Å². The fourth-order valence-electron chi connectivity index (χ4n) is 2.24. The highest BCUT2D eigenvalue weighted by Gasteiger charge is 2.29. The summed E-state index contributed by atoms with van der Waals surface area (Å²) in [6, 6.07) is 2.61. The van der Waals surface area contributed by atoms with Crippen LogP contribution in [0.1, 0.15) is 12.8 Å². The molecular weight excluding hydrogens is 296 g/mol. The maximum atomic E-state index is 11.7. The van der Waals surface area contributed by atoms with Gasteiger partial charge in [0.2, 0.25) is 11.8 Å². The van der Waals surface area contributed by atoms with Gasteiger partial charge in [0, 0.05) is 6.42 Å². The number of hydrogen-bond donors (Lipinski definition) is 2. The summed E-state index contributed by atoms with van der Waals surface area (Å²) >= 11 is 1.31. The Hall–Kier alpha value is -2.55. The smallest absolute Gasteiger partial charge is 0.319 e. The molecule has 2 aromatic rings. The van der Waals surface area contributed by atoms with Gasteiger partial charge in [-0.05, 0) is 18.6 Å². The largest absolute Gasteiger partial charge is 0.368 e. The van der Waals surface area contributed by atoms with Gasteiger partial charge in [-0.15, -0.1) is 11.3 Å². The zero-order chi connectivity index (χ0) is 15.0. The molecule has 9 heteroatoms. The molecule has 2 amide bonds. The zero-order valence-corrected chi connectivity index (χ0v) is 11.5. The van der Waals surface area contributed by atoms with Crippen molar-refractivity contribution < 1.29 is 14.5 Å². The van der Waals surface area contributed by atoms with Crippen LogP contribution >= 0.6 is 11.3 Å². The summed E-state index contributed by atoms with van der Waals surface area (Å²) in [4.78, 5) is 37.6. The SMILES string of the molecule is O=C1CCC(Nc2ccc3scnc3c2[N+](=O)[O-])C(=O)N1. The Balaban J connectivity index is 1.97. The normalized spacial score (nSPS) is 18.6. The van der Waals surface area contributed by atoms with E-state index in [1.807, 2.05) is 0 Å². The van der Waals surface area contributed by atoms with Crippen LogP contribution in [0.3, 0.4) is 0 Å². The Kier molecular flexibility index (Phi) is 3.26. The lowest BCUT2D eigenvalue weighted by molar-refractivity contribution is -0.382. The van der Waals surface area contributed by atoms with Crippen LogP contribution in [0, 0.1) is 10.1 Å². The molecule has 1 atom stereocenters. The molecule has 1 saturated heterocycles. The fourth-order valence-corrected chi connectivity index (χ4v) is 2.92. The molecule has 1 fully saturated rings. The summed E-state index contributed by atoms with van der Waals surface area (Å²) in [5.74, 6) is -0.804. The molecule has 2 heterocycles. The second-order valence-electron chi connectivity index (χ2n) is 4.57. The van der Waals surface area contributed by atoms with Crippen molar-refractivity contribution >= 4 is 44.7 Å². The van der Waals surface area contributed by atoms with Crippen LogP contribution in [0.2, 0.25) is 0 Å². The van der Waals surface area contributed by atoms with Crippen LogP contribution in [0.4, 0.5) is 11.4 Å². The number of benzene rings is 1. The summed E-state index contributed by atoms with van der Waals surface area (Å²) in [5, 5.41) is 16.3. The number of rotatable bonds is 3. The number of nitro groups is 1. The van der Waals surface area contributed by atoms with Crippen molar-refractivity contribution in [2.45, 2.75) is 18.9 Å². The fraction of sp³-hybridized carbons (Fsp3) is 0.250. The summed E-state index contributed by atoms with van der Waals surface area (Å²) in [5.41, 5.74) is 1.90. The van der Waals surface area contributed by atoms with Crippen molar-refractivity contribution in [1.82, 2.24) is 10.3 Å². The number of hydrogen-bond acceptors (Lipinski definition) is 7. The van der Waals surface area contributed by atoms with Crippen LogP contribution in [0.5, 0.6) is 0 Å². The maximum absolute atomic E-state index is 11.7. The number of nitro benzene ring substituents is 1. The summed E-state index contributed by atoms with van der Waals surface area (Å²) < 4.78 is 0.704. The topological polar surface area (TPSA) is 114 Å². The minimum Gasteiger partial charge on any atom is -0.368 e. The van der Waals surface area contributed by atoms with Crippen molar-refractivity contribution in [3.05, 3.63) is 27.8 Å². The van der Waals surface area contributed by atoms with Crippen LogP contribution in [0.25, 0.3) is 10.2 Å². The Labute approximate surface area is 122 Å². The molecule has 1 aromatic carbocycles. The first-order valence-corrected chi connectivity index (χ1v) is 7.05. The predicted molar refractivity (Wildman–Crippen MR) is 76.1 cm³/mol. The quantitative estimate of drug-likeness (QED) is 0.503. The highest BCUT2D eigenvalue weighted by Crippen LogP contribution is 2.35. The van der Waals surface area contributed by atoms with E-state index >= 15 is 0 Å². The van der Waals surface area contributed by atoms with Gasteiger partial charge in [0.05, 0.1) is 15.1 Å². The van der Waals surface area contributed by atoms with Gasteiger partial charge in [-0.25, -0.2) is 4.98 Å². The third kappa shape index (κ3) is 2.42. The van der Waals surface area contributed by atoms with Gasteiger partial charge in [-0.1, -0.05) is 0 Å². The van der Waals surface area contributed by atoms with E-state index in [2.05, 4.69) is 15.6 Å². The van der Waals surface area contributed by atoms with Gasteiger partial charge < -0.3 is 5.32 Å². The third-order valence-corrected chi connectivity index (χ3v) is 4.02. The average Bonchev–Trinajstić information content (AvgIpc) is 2.89. The number of fused-ring (bicyclic) bond motifs is 1. The van der Waals surface area contributed by atoms with E-state index in [4.69, 9.17) is 0 Å². The first kappa shape index (κ1) is 13.4. The van der Waals surface area contributed by atoms with Crippen LogP contribution in [0.15, 0.2) is 17.6 Å². The summed E-state index contributed by atoms with van der Waals surface area (Å²) in [7, 11) is 0. The molecule has 1 aliphatic rings. The molecule has 3 rings (SSSR count). The van der Waals surface area contributed by atoms with E-state index in [1.165, 1.54) is 16.8 Å². The Morgan fingerprint density at radius 1 is 1.43 bits per heavy atom. The van der Waals surface area contributed by atoms with Crippen molar-refractivity contribution in [2.75, 3.05) is 5.32 Å². The molecule has 1 unspecified atom stereocenters. The highest BCUT2D eigenvalue weighted by atomic mass is 32.1. The number of nitrogens with one attached hydrogen (secondary N) is 2. The van der Waals surface area contributed by atoms with Crippen LogP contribution in [-0.4, -0.2) is 27.8 Å². The Bertz CT molecular complexity index is 757. The van der Waals surface area contributed by atoms with Crippen molar-refractivity contribution in [2.24, 2.45) is 0 Å². The lowest BCUT2D eigenvalue weighted by atomic mass is 10.1. The van der Waals surface area contributed by atoms with Gasteiger partial charge in [0.15, 0.2) is 5.52 Å². The number of nitrogens with zero attached hydrogens (tertiary/aromatic N) is 2. The molecule has 0 aliphatic carbocycles. The van der Waals surface area contributed by atoms with Crippen LogP contribution < -0.4 is 10.6 Å². The molecule has 8 nitrogen and oxygen atoms in total. The van der Waals surface area contributed by atoms with Gasteiger partial charge in [-0.2, -0.15) is 0 Å². The second-order valence-corrected chi connectivity index (χ2v) is 5.45. The number of amides is 2. The molecule has 1 aromatic heterocycles. The van der Waals surface area contributed by atoms with E-state index in [0.29, 0.717) is 16.6 Å². The monoisotopic (exact) mass is 306 g/mol. The predicted octanol–water partition coefficient (Wildman–Crippen LogP) is 1.42. The summed E-state index contributed by atoms with van der Waals surface area (Å²) in [6.07, 6.45) is 0.507. The standard InChI is InChI=1S/C12H10N4O4S/c17-9-4-2-7(12(18)15-9)14-6-1-3-8-10(13-5-21-8)11(6)16(19)20/h1,3,5,7,14H,2,4H2,(H,15,17,18). The molecule has 108 valence electrons. The summed E-state index contributed by atoms with van der Waals surface area (Å²) in [6.45, 7) is 0. The minimum atomic E-state index is -0.669. The molecule has 0 saturated carbocycles. The Morgan fingerprint density at radius 3 is 2.95 bits per heavy atom. The zero-order valence-electron chi connectivity index (χ0n) is 10.7. The van der Waals surface area contributed by atoms with Crippen LogP contribution in [-0.2, 0) is 9.59 Å². The number of aromatic nitrogens is 1. The third-order valence-electron chi connectivity index (χ3n) is 3.23. The molecule has 0 spiro atoms. The molecule has 1 aliphatic heterocycles. The maximum Gasteiger partial charge on any atom is 0.319 e. The average molecular weight is 306 g/mol. The van der Waals surface area contributed by atoms with Crippen molar-refractivity contribution in [3.8, 4) is 0 Å². The number of imide groups is 1. The van der Waals surface area contributed by atoms with Gasteiger partial charge >= 0.3 is 5.69 Å². The number of piperidine rings is 1. The van der Waals surface area contributed by atoms with E-state index in [1.54, 1.807) is 12.1 Å². The van der Waals surface area contributed by atoms with Crippen molar-refractivity contribution in [1.29, 1.82) is 0 Å². The lowest BCUT2D eigenvalue weighted by Crippen LogP contribution is -2.47. The highest BCUT2D eigenvalue weighted by molar-refractivity contribution is 7.16. The molecular formula is C12H10N4O4S. The molecule has 0 bridgehead atoms. The number of anilines is 1. The van der Waals surface area contributed by atoms with E-state index < -0.39 is 16.9 Å². The van der Waals surface area contributed by atoms with Gasteiger partial charge in [0.25, 0.3) is 0 Å². The molecule has 21 heavy (non-hydrogen) atoms. The molecule has 2 N–H and O–H groups in total. The van der Waals surface area contributed by atoms with E-state index in [0.717, 1.165) is 0 Å². The number of thiazole rings is 1. The van der Waals surface area contributed by atoms with Gasteiger partial charge in [-0.3, -0.25) is 25.0 Å². The first-order chi connectivity index (χ1) is 10.1. The number of carbonyl (C=O) groups excluding carboxylic acids is 2. The van der Waals surface area contributed by atoms with Crippen molar-refractivity contribution in [3.63, 3.8) is 0 Å². The minimum absolute atomic E-state index is 0.154. The first-order valence-electron chi connectivity index (χ1n) is 6.17. The lowest BCUT2D eigenvalue weighted by Gasteiger charge is -2.22.